The van der Waals surface area contributed by atoms with Crippen LogP contribution in [0.25, 0.3) is 0 Å². The quantitative estimate of drug-likeness (QED) is 0.288. The number of hydrogen-bond donors (Lipinski definition) is 1. The van der Waals surface area contributed by atoms with Crippen molar-refractivity contribution < 1.29 is 18.0 Å². The Morgan fingerprint density at radius 1 is 0.923 bits per heavy atom. The number of sulfonamides is 1. The minimum absolute atomic E-state index is 0.00635. The summed E-state index contributed by atoms with van der Waals surface area (Å²) in [6.07, 6.45) is 1.09. The fraction of sp³-hybridized carbons (Fsp3) is 0.310. The second-order valence-corrected chi connectivity index (χ2v) is 11.9. The lowest BCUT2D eigenvalue weighted by molar-refractivity contribution is -0.140. The largest absolute Gasteiger partial charge is 0.354 e. The molecule has 0 fully saturated rings. The monoisotopic (exact) mass is 589 g/mol. The van der Waals surface area contributed by atoms with Crippen molar-refractivity contribution in [3.8, 4) is 0 Å². The van der Waals surface area contributed by atoms with Crippen LogP contribution in [0, 0.1) is 6.92 Å². The van der Waals surface area contributed by atoms with Gasteiger partial charge in [-0.2, -0.15) is 0 Å². The summed E-state index contributed by atoms with van der Waals surface area (Å²) in [7, 11) is -4.19. The highest BCUT2D eigenvalue weighted by Crippen LogP contribution is 2.30. The standard InChI is InChI=1S/C29H33Cl2N3O4S/c1-4-14-32-29(36)27(5-2)33(19-22-11-9-10-21(3)15-22)28(35)20-34(25-17-23(30)16-24(31)18-25)39(37,38)26-12-7-6-8-13-26/h6-13,15-18,27H,4-5,14,19-20H2,1-3H3,(H,32,36)/t27-/m1/s1. The summed E-state index contributed by atoms with van der Waals surface area (Å²) >= 11 is 12.4. The van der Waals surface area contributed by atoms with Gasteiger partial charge in [-0.3, -0.25) is 13.9 Å². The fourth-order valence-corrected chi connectivity index (χ4v) is 6.16. The van der Waals surface area contributed by atoms with E-state index in [0.717, 1.165) is 21.9 Å². The maximum absolute atomic E-state index is 14.0. The molecular formula is C29H33Cl2N3O4S. The van der Waals surface area contributed by atoms with E-state index in [1.54, 1.807) is 18.2 Å². The number of anilines is 1. The third-order valence-electron chi connectivity index (χ3n) is 6.12. The van der Waals surface area contributed by atoms with E-state index in [1.807, 2.05) is 45.0 Å². The fourth-order valence-electron chi connectivity index (χ4n) is 4.22. The van der Waals surface area contributed by atoms with E-state index in [0.29, 0.717) is 13.0 Å². The molecule has 0 saturated carbocycles. The van der Waals surface area contributed by atoms with Crippen molar-refractivity contribution in [3.63, 3.8) is 0 Å². The molecular weight excluding hydrogens is 557 g/mol. The third-order valence-corrected chi connectivity index (χ3v) is 8.34. The van der Waals surface area contributed by atoms with Crippen LogP contribution in [0.3, 0.4) is 0 Å². The van der Waals surface area contributed by atoms with Gasteiger partial charge in [0.2, 0.25) is 11.8 Å². The van der Waals surface area contributed by atoms with Crippen LogP contribution in [0.5, 0.6) is 0 Å². The van der Waals surface area contributed by atoms with Gasteiger partial charge in [0.25, 0.3) is 10.0 Å². The molecule has 2 amide bonds. The Labute approximate surface area is 240 Å². The molecule has 10 heteroatoms. The Morgan fingerprint density at radius 2 is 1.59 bits per heavy atom. The van der Waals surface area contributed by atoms with Gasteiger partial charge in [-0.25, -0.2) is 8.42 Å². The number of carbonyl (C=O) groups is 2. The van der Waals surface area contributed by atoms with Crippen molar-refractivity contribution in [1.29, 1.82) is 0 Å². The molecule has 0 saturated heterocycles. The van der Waals surface area contributed by atoms with Crippen LogP contribution in [0.4, 0.5) is 5.69 Å². The molecule has 39 heavy (non-hydrogen) atoms. The molecule has 0 spiro atoms. The Morgan fingerprint density at radius 3 is 2.18 bits per heavy atom. The number of nitrogens with one attached hydrogen (secondary N) is 1. The van der Waals surface area contributed by atoms with Crippen molar-refractivity contribution in [2.24, 2.45) is 0 Å². The minimum atomic E-state index is -4.19. The highest BCUT2D eigenvalue weighted by Gasteiger charge is 2.33. The molecule has 0 radical (unpaired) electrons. The summed E-state index contributed by atoms with van der Waals surface area (Å²) in [4.78, 5) is 28.6. The molecule has 0 bridgehead atoms. The van der Waals surface area contributed by atoms with Crippen LogP contribution in [-0.4, -0.2) is 44.3 Å². The smallest absolute Gasteiger partial charge is 0.264 e. The number of aryl methyl sites for hydroxylation is 1. The number of hydrogen-bond acceptors (Lipinski definition) is 4. The van der Waals surface area contributed by atoms with E-state index in [9.17, 15) is 18.0 Å². The van der Waals surface area contributed by atoms with Crippen molar-refractivity contribution in [2.75, 3.05) is 17.4 Å². The van der Waals surface area contributed by atoms with Crippen LogP contribution in [-0.2, 0) is 26.2 Å². The molecule has 0 aliphatic carbocycles. The maximum Gasteiger partial charge on any atom is 0.264 e. The summed E-state index contributed by atoms with van der Waals surface area (Å²) in [6, 6.07) is 19.0. The summed E-state index contributed by atoms with van der Waals surface area (Å²) < 4.78 is 28.6. The van der Waals surface area contributed by atoms with Gasteiger partial charge in [0.05, 0.1) is 10.6 Å². The van der Waals surface area contributed by atoms with Gasteiger partial charge in [0.1, 0.15) is 12.6 Å². The van der Waals surface area contributed by atoms with E-state index < -0.39 is 28.5 Å². The summed E-state index contributed by atoms with van der Waals surface area (Å²) in [5.74, 6) is -0.825. The van der Waals surface area contributed by atoms with E-state index in [-0.39, 0.29) is 33.1 Å². The molecule has 1 N–H and O–H groups in total. The molecule has 0 heterocycles. The van der Waals surface area contributed by atoms with Gasteiger partial charge in [-0.05, 0) is 55.7 Å². The Hall–Kier alpha value is -3.07. The van der Waals surface area contributed by atoms with Crippen LogP contribution in [0.1, 0.15) is 37.8 Å². The topological polar surface area (TPSA) is 86.8 Å². The molecule has 0 unspecified atom stereocenters. The van der Waals surface area contributed by atoms with Gasteiger partial charge in [0.15, 0.2) is 0 Å². The first-order valence-corrected chi connectivity index (χ1v) is 14.9. The van der Waals surface area contributed by atoms with Gasteiger partial charge in [-0.15, -0.1) is 0 Å². The lowest BCUT2D eigenvalue weighted by Gasteiger charge is -2.33. The second kappa shape index (κ2) is 13.8. The predicted octanol–water partition coefficient (Wildman–Crippen LogP) is 5.83. The van der Waals surface area contributed by atoms with Crippen LogP contribution in [0.2, 0.25) is 10.0 Å². The maximum atomic E-state index is 14.0. The number of rotatable bonds is 12. The molecule has 3 rings (SSSR count). The molecule has 208 valence electrons. The second-order valence-electron chi connectivity index (χ2n) is 9.18. The number of amides is 2. The number of carbonyl (C=O) groups excluding carboxylic acids is 2. The normalized spacial score (nSPS) is 12.0. The van der Waals surface area contributed by atoms with Crippen LogP contribution in [0.15, 0.2) is 77.7 Å². The van der Waals surface area contributed by atoms with E-state index >= 15 is 0 Å². The Bertz CT molecular complexity index is 1380. The molecule has 3 aromatic carbocycles. The first-order valence-electron chi connectivity index (χ1n) is 12.7. The first-order chi connectivity index (χ1) is 18.6. The van der Waals surface area contributed by atoms with Crippen LogP contribution < -0.4 is 9.62 Å². The van der Waals surface area contributed by atoms with E-state index in [2.05, 4.69) is 5.32 Å². The van der Waals surface area contributed by atoms with Gasteiger partial charge in [-0.1, -0.05) is 85.1 Å². The molecule has 0 aromatic heterocycles. The van der Waals surface area contributed by atoms with Crippen molar-refractivity contribution in [3.05, 3.63) is 94.0 Å². The zero-order valence-electron chi connectivity index (χ0n) is 22.2. The lowest BCUT2D eigenvalue weighted by atomic mass is 10.1. The summed E-state index contributed by atoms with van der Waals surface area (Å²) in [6.45, 7) is 5.75. The predicted molar refractivity (Wildman–Crippen MR) is 157 cm³/mol. The molecule has 0 aliphatic rings. The summed E-state index contributed by atoms with van der Waals surface area (Å²) in [5, 5.41) is 3.32. The molecule has 3 aromatic rings. The van der Waals surface area contributed by atoms with Gasteiger partial charge >= 0.3 is 0 Å². The molecule has 1 atom stereocenters. The minimum Gasteiger partial charge on any atom is -0.354 e. The zero-order valence-corrected chi connectivity index (χ0v) is 24.6. The Kier molecular flexibility index (Phi) is 10.8. The molecule has 7 nitrogen and oxygen atoms in total. The van der Waals surface area contributed by atoms with Crippen LogP contribution >= 0.6 is 23.2 Å². The summed E-state index contributed by atoms with van der Waals surface area (Å²) in [5.41, 5.74) is 1.97. The van der Waals surface area contributed by atoms with Crippen molar-refractivity contribution in [2.45, 2.75) is 51.1 Å². The van der Waals surface area contributed by atoms with Gasteiger partial charge < -0.3 is 10.2 Å². The lowest BCUT2D eigenvalue weighted by Crippen LogP contribution is -2.52. The number of halogens is 2. The zero-order chi connectivity index (χ0) is 28.6. The third kappa shape index (κ3) is 7.97. The highest BCUT2D eigenvalue weighted by atomic mass is 35.5. The van der Waals surface area contributed by atoms with E-state index in [4.69, 9.17) is 23.2 Å². The first kappa shape index (κ1) is 30.5. The molecule has 0 aliphatic heterocycles. The average Bonchev–Trinajstić information content (AvgIpc) is 2.90. The number of benzene rings is 3. The van der Waals surface area contributed by atoms with Gasteiger partial charge in [0, 0.05) is 23.1 Å². The number of nitrogens with zero attached hydrogens (tertiary/aromatic N) is 2. The SMILES string of the molecule is CCCNC(=O)[C@@H](CC)N(Cc1cccc(C)c1)C(=O)CN(c1cc(Cl)cc(Cl)c1)S(=O)(=O)c1ccccc1. The average molecular weight is 591 g/mol. The van der Waals surface area contributed by atoms with Crippen molar-refractivity contribution >= 4 is 50.7 Å². The van der Waals surface area contributed by atoms with E-state index in [1.165, 1.54) is 35.2 Å². The highest BCUT2D eigenvalue weighted by molar-refractivity contribution is 7.92. The van der Waals surface area contributed by atoms with Crippen molar-refractivity contribution in [1.82, 2.24) is 10.2 Å². The Balaban J connectivity index is 2.07.